The molecule has 1 N–H and O–H groups in total. The summed E-state index contributed by atoms with van der Waals surface area (Å²) in [6.45, 7) is 4.28. The first kappa shape index (κ1) is 12.6. The summed E-state index contributed by atoms with van der Waals surface area (Å²) in [5.74, 6) is 2.14. The smallest absolute Gasteiger partial charge is 0.223 e. The van der Waals surface area contributed by atoms with Crippen molar-refractivity contribution in [1.29, 1.82) is 0 Å². The molecule has 0 amide bonds. The van der Waals surface area contributed by atoms with Gasteiger partial charge < -0.3 is 5.32 Å². The highest BCUT2D eigenvalue weighted by Crippen LogP contribution is 2.34. The summed E-state index contributed by atoms with van der Waals surface area (Å²) < 4.78 is 0. The first-order valence-corrected chi connectivity index (χ1v) is 6.81. The summed E-state index contributed by atoms with van der Waals surface area (Å²) in [5.41, 5.74) is 0.971. The minimum atomic E-state index is -0.0120. The van der Waals surface area contributed by atoms with E-state index in [1.807, 2.05) is 13.0 Å². The lowest BCUT2D eigenvalue weighted by atomic mass is 9.78. The van der Waals surface area contributed by atoms with E-state index in [1.165, 1.54) is 12.8 Å². The van der Waals surface area contributed by atoms with Gasteiger partial charge in [-0.2, -0.15) is 0 Å². The Morgan fingerprint density at radius 2 is 2.18 bits per heavy atom. The van der Waals surface area contributed by atoms with Gasteiger partial charge in [-0.05, 0) is 44.6 Å². The van der Waals surface area contributed by atoms with Crippen LogP contribution in [0.15, 0.2) is 12.3 Å². The molecular formula is C13H20ClN3. The van der Waals surface area contributed by atoms with Gasteiger partial charge >= 0.3 is 0 Å². The van der Waals surface area contributed by atoms with Crippen molar-refractivity contribution in [2.45, 2.75) is 45.1 Å². The highest BCUT2D eigenvalue weighted by Gasteiger charge is 2.33. The van der Waals surface area contributed by atoms with Gasteiger partial charge in [-0.25, -0.2) is 9.97 Å². The van der Waals surface area contributed by atoms with Crippen LogP contribution in [0.25, 0.3) is 0 Å². The maximum absolute atomic E-state index is 6.16. The number of rotatable bonds is 3. The van der Waals surface area contributed by atoms with E-state index in [9.17, 15) is 0 Å². The lowest BCUT2D eigenvalue weighted by molar-refractivity contribution is 0.286. The highest BCUT2D eigenvalue weighted by atomic mass is 35.5. The lowest BCUT2D eigenvalue weighted by Gasteiger charge is -2.38. The zero-order chi connectivity index (χ0) is 12.3. The molecule has 17 heavy (non-hydrogen) atoms. The first-order valence-electron chi connectivity index (χ1n) is 6.27. The molecule has 1 aliphatic carbocycles. The summed E-state index contributed by atoms with van der Waals surface area (Å²) in [7, 11) is 0. The number of alkyl halides is 1. The zero-order valence-corrected chi connectivity index (χ0v) is 11.3. The highest BCUT2D eigenvalue weighted by molar-refractivity contribution is 6.18. The van der Waals surface area contributed by atoms with Crippen molar-refractivity contribution in [3.63, 3.8) is 0 Å². The second kappa shape index (κ2) is 5.21. The number of nitrogens with one attached hydrogen (secondary N) is 1. The van der Waals surface area contributed by atoms with E-state index in [4.69, 9.17) is 11.6 Å². The molecule has 1 aromatic heterocycles. The second-order valence-corrected chi connectivity index (χ2v) is 5.51. The van der Waals surface area contributed by atoms with Gasteiger partial charge in [0, 0.05) is 17.8 Å². The number of hydrogen-bond donors (Lipinski definition) is 1. The normalized spacial score (nSPS) is 29.0. The molecule has 0 unspecified atom stereocenters. The van der Waals surface area contributed by atoms with E-state index in [2.05, 4.69) is 22.2 Å². The van der Waals surface area contributed by atoms with Crippen LogP contribution in [-0.4, -0.2) is 21.4 Å². The molecule has 1 fully saturated rings. The van der Waals surface area contributed by atoms with Gasteiger partial charge in [0.05, 0.1) is 5.54 Å². The van der Waals surface area contributed by atoms with E-state index in [1.54, 1.807) is 6.20 Å². The van der Waals surface area contributed by atoms with Crippen molar-refractivity contribution in [1.82, 2.24) is 9.97 Å². The van der Waals surface area contributed by atoms with Crippen molar-refractivity contribution in [3.8, 4) is 0 Å². The van der Waals surface area contributed by atoms with Crippen molar-refractivity contribution in [2.24, 2.45) is 5.92 Å². The predicted octanol–water partition coefficient (Wildman–Crippen LogP) is 3.38. The summed E-state index contributed by atoms with van der Waals surface area (Å²) in [6.07, 6.45) is 6.46. The Bertz CT molecular complexity index is 373. The molecule has 1 heterocycles. The van der Waals surface area contributed by atoms with Gasteiger partial charge in [0.25, 0.3) is 0 Å². The van der Waals surface area contributed by atoms with Gasteiger partial charge in [0.15, 0.2) is 0 Å². The minimum absolute atomic E-state index is 0.0120. The van der Waals surface area contributed by atoms with Crippen LogP contribution < -0.4 is 5.32 Å². The molecule has 0 spiro atoms. The number of halogens is 1. The fourth-order valence-electron chi connectivity index (χ4n) is 2.35. The van der Waals surface area contributed by atoms with Crippen LogP contribution in [0.5, 0.6) is 0 Å². The molecule has 0 saturated heterocycles. The molecule has 1 saturated carbocycles. The van der Waals surface area contributed by atoms with Gasteiger partial charge in [-0.1, -0.05) is 6.92 Å². The molecule has 1 aliphatic rings. The summed E-state index contributed by atoms with van der Waals surface area (Å²) in [6, 6.07) is 1.90. The van der Waals surface area contributed by atoms with Crippen molar-refractivity contribution < 1.29 is 0 Å². The van der Waals surface area contributed by atoms with Crippen LogP contribution in [0, 0.1) is 12.8 Å². The van der Waals surface area contributed by atoms with Crippen molar-refractivity contribution >= 4 is 17.5 Å². The number of aromatic nitrogens is 2. The molecule has 0 atom stereocenters. The van der Waals surface area contributed by atoms with Gasteiger partial charge in [-0.15, -0.1) is 11.6 Å². The lowest BCUT2D eigenvalue weighted by Crippen LogP contribution is -2.44. The number of anilines is 1. The Labute approximate surface area is 108 Å². The van der Waals surface area contributed by atoms with Crippen LogP contribution in [-0.2, 0) is 0 Å². The topological polar surface area (TPSA) is 37.8 Å². The Morgan fingerprint density at radius 1 is 1.47 bits per heavy atom. The van der Waals surface area contributed by atoms with Crippen LogP contribution in [0.3, 0.4) is 0 Å². The maximum atomic E-state index is 6.16. The molecular weight excluding hydrogens is 234 g/mol. The van der Waals surface area contributed by atoms with E-state index in [0.717, 1.165) is 24.5 Å². The van der Waals surface area contributed by atoms with E-state index in [0.29, 0.717) is 11.8 Å². The van der Waals surface area contributed by atoms with Gasteiger partial charge in [-0.3, -0.25) is 0 Å². The third kappa shape index (κ3) is 3.09. The molecule has 0 aromatic carbocycles. The molecule has 3 nitrogen and oxygen atoms in total. The fourth-order valence-corrected chi connectivity index (χ4v) is 2.69. The van der Waals surface area contributed by atoms with Crippen molar-refractivity contribution in [2.75, 3.05) is 11.2 Å². The summed E-state index contributed by atoms with van der Waals surface area (Å²) >= 11 is 6.16. The fraction of sp³-hybridized carbons (Fsp3) is 0.692. The van der Waals surface area contributed by atoms with Crippen LogP contribution in [0.4, 0.5) is 5.95 Å². The van der Waals surface area contributed by atoms with Crippen LogP contribution in [0.2, 0.25) is 0 Å². The first-order chi connectivity index (χ1) is 8.13. The predicted molar refractivity (Wildman–Crippen MR) is 71.5 cm³/mol. The van der Waals surface area contributed by atoms with E-state index < -0.39 is 0 Å². The Morgan fingerprint density at radius 3 is 2.76 bits per heavy atom. The number of hydrogen-bond acceptors (Lipinski definition) is 3. The third-order valence-electron chi connectivity index (χ3n) is 3.66. The average molecular weight is 254 g/mol. The monoisotopic (exact) mass is 253 g/mol. The Kier molecular flexibility index (Phi) is 3.87. The molecule has 0 aliphatic heterocycles. The van der Waals surface area contributed by atoms with Crippen LogP contribution in [0.1, 0.15) is 38.3 Å². The third-order valence-corrected chi connectivity index (χ3v) is 4.17. The summed E-state index contributed by atoms with van der Waals surface area (Å²) in [5, 5.41) is 3.45. The minimum Gasteiger partial charge on any atom is -0.348 e. The number of nitrogens with zero attached hydrogens (tertiary/aromatic N) is 2. The SMILES string of the molecule is Cc1ccnc(NC2(CCl)CCC(C)CC2)n1. The number of aryl methyl sites for hydroxylation is 1. The quantitative estimate of drug-likeness (QED) is 0.840. The van der Waals surface area contributed by atoms with E-state index >= 15 is 0 Å². The van der Waals surface area contributed by atoms with E-state index in [-0.39, 0.29) is 5.54 Å². The maximum Gasteiger partial charge on any atom is 0.223 e. The molecule has 0 bridgehead atoms. The van der Waals surface area contributed by atoms with Gasteiger partial charge in [0.1, 0.15) is 0 Å². The zero-order valence-electron chi connectivity index (χ0n) is 10.5. The average Bonchev–Trinajstić information content (AvgIpc) is 2.33. The molecule has 2 rings (SSSR count). The van der Waals surface area contributed by atoms with Crippen LogP contribution >= 0.6 is 11.6 Å². The second-order valence-electron chi connectivity index (χ2n) is 5.24. The summed E-state index contributed by atoms with van der Waals surface area (Å²) in [4.78, 5) is 8.66. The molecule has 1 aromatic rings. The molecule has 94 valence electrons. The molecule has 4 heteroatoms. The standard InChI is InChI=1S/C13H20ClN3/c1-10-3-6-13(9-14,7-4-10)17-12-15-8-5-11(2)16-12/h5,8,10H,3-4,6-7,9H2,1-2H3,(H,15,16,17). The molecule has 0 radical (unpaired) electrons. The Hall–Kier alpha value is -0.830. The van der Waals surface area contributed by atoms with Gasteiger partial charge in [0.2, 0.25) is 5.95 Å². The Balaban J connectivity index is 2.09. The largest absolute Gasteiger partial charge is 0.348 e. The van der Waals surface area contributed by atoms with Crippen molar-refractivity contribution in [3.05, 3.63) is 18.0 Å².